The van der Waals surface area contributed by atoms with Gasteiger partial charge < -0.3 is 9.88 Å². The topological polar surface area (TPSA) is 94.7 Å². The summed E-state index contributed by atoms with van der Waals surface area (Å²) in [5.41, 5.74) is 2.14. The second-order valence-corrected chi connectivity index (χ2v) is 7.57. The van der Waals surface area contributed by atoms with Crippen LogP contribution >= 0.6 is 34.5 Å². The Kier molecular flexibility index (Phi) is 4.88. The quantitative estimate of drug-likeness (QED) is 0.531. The minimum absolute atomic E-state index is 0.0120. The molecule has 0 aliphatic carbocycles. The maximum atomic E-state index is 12.4. The first-order valence-corrected chi connectivity index (χ1v) is 9.63. The fraction of sp³-hybridized carbons (Fsp3) is 0.118. The molecule has 11 heteroatoms. The Hall–Kier alpha value is -2.75. The Balaban J connectivity index is 1.50. The van der Waals surface area contributed by atoms with Crippen molar-refractivity contribution in [3.05, 3.63) is 56.6 Å². The Morgan fingerprint density at radius 1 is 1.25 bits per heavy atom. The van der Waals surface area contributed by atoms with Crippen LogP contribution in [0.1, 0.15) is 0 Å². The molecule has 0 bridgehead atoms. The van der Waals surface area contributed by atoms with Gasteiger partial charge in [0.05, 0.1) is 28.3 Å². The SMILES string of the molecule is Cn1c(=O)ncc2c1ncn2CC(=O)Nc1nc(-c2ccc(Cl)c(Cl)c2)cs1. The zero-order chi connectivity index (χ0) is 19.8. The number of fused-ring (bicyclic) bond motifs is 1. The van der Waals surface area contributed by atoms with Crippen molar-refractivity contribution in [3.8, 4) is 11.3 Å². The van der Waals surface area contributed by atoms with Crippen LogP contribution < -0.4 is 11.0 Å². The third-order valence-electron chi connectivity index (χ3n) is 4.04. The van der Waals surface area contributed by atoms with Crippen molar-refractivity contribution in [2.75, 3.05) is 5.32 Å². The number of benzene rings is 1. The highest BCUT2D eigenvalue weighted by Crippen LogP contribution is 2.30. The highest BCUT2D eigenvalue weighted by atomic mass is 35.5. The molecule has 8 nitrogen and oxygen atoms in total. The first-order chi connectivity index (χ1) is 13.4. The van der Waals surface area contributed by atoms with Crippen LogP contribution in [0, 0.1) is 0 Å². The standard InChI is InChI=1S/C17H12Cl2N6O2S/c1-24-15-13(5-20-17(24)27)25(8-21-15)6-14(26)23-16-22-12(7-28-16)9-2-3-10(18)11(19)4-9/h2-5,7-8H,6H2,1H3,(H,22,23,26). The minimum Gasteiger partial charge on any atom is -0.318 e. The molecule has 0 unspecified atom stereocenters. The van der Waals surface area contributed by atoms with Crippen molar-refractivity contribution in [1.29, 1.82) is 0 Å². The maximum Gasteiger partial charge on any atom is 0.349 e. The second kappa shape index (κ2) is 7.34. The van der Waals surface area contributed by atoms with Crippen molar-refractivity contribution in [3.63, 3.8) is 0 Å². The van der Waals surface area contributed by atoms with E-state index in [2.05, 4.69) is 20.3 Å². The van der Waals surface area contributed by atoms with Crippen molar-refractivity contribution in [2.45, 2.75) is 6.54 Å². The number of carbonyl (C=O) groups excluding carboxylic acids is 1. The smallest absolute Gasteiger partial charge is 0.318 e. The number of halogens is 2. The summed E-state index contributed by atoms with van der Waals surface area (Å²) in [6.07, 6.45) is 2.90. The van der Waals surface area contributed by atoms with Crippen LogP contribution in [-0.4, -0.2) is 30.0 Å². The van der Waals surface area contributed by atoms with Gasteiger partial charge in [-0.2, -0.15) is 4.98 Å². The van der Waals surface area contributed by atoms with Gasteiger partial charge >= 0.3 is 5.69 Å². The van der Waals surface area contributed by atoms with E-state index in [1.54, 1.807) is 23.7 Å². The summed E-state index contributed by atoms with van der Waals surface area (Å²) in [6.45, 7) is 0.0120. The average Bonchev–Trinajstić information content (AvgIpc) is 3.28. The summed E-state index contributed by atoms with van der Waals surface area (Å²) >= 11 is 13.3. The number of thiazole rings is 1. The lowest BCUT2D eigenvalue weighted by Gasteiger charge is -2.04. The summed E-state index contributed by atoms with van der Waals surface area (Å²) in [6, 6.07) is 5.23. The number of carbonyl (C=O) groups is 1. The zero-order valence-corrected chi connectivity index (χ0v) is 16.7. The van der Waals surface area contributed by atoms with Gasteiger partial charge in [0.1, 0.15) is 12.1 Å². The molecule has 1 N–H and O–H groups in total. The van der Waals surface area contributed by atoms with Gasteiger partial charge in [0.15, 0.2) is 10.8 Å². The van der Waals surface area contributed by atoms with E-state index in [1.807, 2.05) is 11.4 Å². The summed E-state index contributed by atoms with van der Waals surface area (Å²) < 4.78 is 2.94. The average molecular weight is 435 g/mol. The van der Waals surface area contributed by atoms with E-state index in [9.17, 15) is 9.59 Å². The minimum atomic E-state index is -0.403. The fourth-order valence-corrected chi connectivity index (χ4v) is 3.66. The van der Waals surface area contributed by atoms with Crippen LogP contribution in [0.5, 0.6) is 0 Å². The van der Waals surface area contributed by atoms with E-state index in [1.165, 1.54) is 28.4 Å². The van der Waals surface area contributed by atoms with Gasteiger partial charge in [0.2, 0.25) is 5.91 Å². The number of hydrogen-bond donors (Lipinski definition) is 1. The van der Waals surface area contributed by atoms with E-state index in [-0.39, 0.29) is 12.5 Å². The van der Waals surface area contributed by atoms with E-state index >= 15 is 0 Å². The lowest BCUT2D eigenvalue weighted by Crippen LogP contribution is -2.21. The lowest BCUT2D eigenvalue weighted by atomic mass is 10.2. The molecule has 4 aromatic rings. The first-order valence-electron chi connectivity index (χ1n) is 8.00. The molecule has 4 rings (SSSR count). The molecule has 3 aromatic heterocycles. The first kappa shape index (κ1) is 18.6. The van der Waals surface area contributed by atoms with E-state index in [0.29, 0.717) is 32.0 Å². The molecule has 0 saturated heterocycles. The fourth-order valence-electron chi connectivity index (χ4n) is 2.62. The van der Waals surface area contributed by atoms with E-state index in [0.717, 1.165) is 5.56 Å². The van der Waals surface area contributed by atoms with Crippen LogP contribution in [0.25, 0.3) is 22.4 Å². The van der Waals surface area contributed by atoms with Crippen molar-refractivity contribution < 1.29 is 4.79 Å². The van der Waals surface area contributed by atoms with Gasteiger partial charge in [0.25, 0.3) is 0 Å². The largest absolute Gasteiger partial charge is 0.349 e. The number of aromatic nitrogens is 5. The van der Waals surface area contributed by atoms with Crippen molar-refractivity contribution in [1.82, 2.24) is 24.1 Å². The maximum absolute atomic E-state index is 12.4. The van der Waals surface area contributed by atoms with Crippen LogP contribution in [0.3, 0.4) is 0 Å². The molecule has 0 saturated carbocycles. The lowest BCUT2D eigenvalue weighted by molar-refractivity contribution is -0.116. The Labute approximate surface area is 172 Å². The number of hydrogen-bond acceptors (Lipinski definition) is 6. The number of amides is 1. The Morgan fingerprint density at radius 3 is 2.86 bits per heavy atom. The summed E-state index contributed by atoms with van der Waals surface area (Å²) in [5, 5.41) is 5.94. The van der Waals surface area contributed by atoms with Gasteiger partial charge in [-0.1, -0.05) is 29.3 Å². The van der Waals surface area contributed by atoms with Gasteiger partial charge in [-0.15, -0.1) is 11.3 Å². The molecule has 142 valence electrons. The van der Waals surface area contributed by atoms with Crippen LogP contribution in [0.4, 0.5) is 5.13 Å². The predicted molar refractivity (Wildman–Crippen MR) is 109 cm³/mol. The number of aryl methyl sites for hydroxylation is 1. The molecule has 1 amide bonds. The summed E-state index contributed by atoms with van der Waals surface area (Å²) in [7, 11) is 1.58. The summed E-state index contributed by atoms with van der Waals surface area (Å²) in [5.74, 6) is -0.275. The van der Waals surface area contributed by atoms with Gasteiger partial charge in [-0.3, -0.25) is 9.36 Å². The highest BCUT2D eigenvalue weighted by molar-refractivity contribution is 7.14. The van der Waals surface area contributed by atoms with Gasteiger partial charge in [-0.25, -0.2) is 14.8 Å². The molecule has 0 radical (unpaired) electrons. The Bertz CT molecular complexity index is 1260. The predicted octanol–water partition coefficient (Wildman–Crippen LogP) is 3.20. The van der Waals surface area contributed by atoms with Crippen molar-refractivity contribution >= 4 is 56.7 Å². The molecule has 0 atom stereocenters. The molecule has 28 heavy (non-hydrogen) atoms. The molecular formula is C17H12Cl2N6O2S. The second-order valence-electron chi connectivity index (χ2n) is 5.90. The van der Waals surface area contributed by atoms with Gasteiger partial charge in [-0.05, 0) is 12.1 Å². The molecule has 0 spiro atoms. The monoisotopic (exact) mass is 434 g/mol. The third kappa shape index (κ3) is 3.51. The van der Waals surface area contributed by atoms with E-state index < -0.39 is 5.69 Å². The molecule has 0 aliphatic rings. The van der Waals surface area contributed by atoms with Crippen molar-refractivity contribution in [2.24, 2.45) is 7.05 Å². The summed E-state index contributed by atoms with van der Waals surface area (Å²) in [4.78, 5) is 36.3. The number of imidazole rings is 1. The highest BCUT2D eigenvalue weighted by Gasteiger charge is 2.13. The molecule has 1 aromatic carbocycles. The Morgan fingerprint density at radius 2 is 2.07 bits per heavy atom. The van der Waals surface area contributed by atoms with E-state index in [4.69, 9.17) is 23.2 Å². The van der Waals surface area contributed by atoms with Crippen LogP contribution in [0.15, 0.2) is 40.9 Å². The number of anilines is 1. The van der Waals surface area contributed by atoms with Gasteiger partial charge in [0, 0.05) is 18.0 Å². The number of rotatable bonds is 4. The number of nitrogens with zero attached hydrogens (tertiary/aromatic N) is 5. The molecular weight excluding hydrogens is 423 g/mol. The third-order valence-corrected chi connectivity index (χ3v) is 5.54. The number of nitrogens with one attached hydrogen (secondary N) is 1. The molecule has 0 aliphatic heterocycles. The molecule has 3 heterocycles. The van der Waals surface area contributed by atoms with Crippen LogP contribution in [-0.2, 0) is 18.4 Å². The normalized spacial score (nSPS) is 11.1. The zero-order valence-electron chi connectivity index (χ0n) is 14.4. The van der Waals surface area contributed by atoms with Crippen LogP contribution in [0.2, 0.25) is 10.0 Å². The molecule has 0 fully saturated rings.